The molecule has 1 aromatic heterocycles. The van der Waals surface area contributed by atoms with Gasteiger partial charge in [-0.25, -0.2) is 4.79 Å². The largest absolute Gasteiger partial charge is 0.477 e. The standard InChI is InChI=1S/C12H12N2O2/c1-7-4-3-5-8(2)11(7)9-6-10(12(15)16)14-13-9/h3-6H,1-2H3,(H,13,14)(H,15,16). The quantitative estimate of drug-likeness (QED) is 0.810. The third-order valence-corrected chi connectivity index (χ3v) is 2.55. The lowest BCUT2D eigenvalue weighted by Gasteiger charge is -2.05. The van der Waals surface area contributed by atoms with Crippen molar-refractivity contribution in [3.63, 3.8) is 0 Å². The maximum atomic E-state index is 10.7. The smallest absolute Gasteiger partial charge is 0.353 e. The Hall–Kier alpha value is -2.10. The third-order valence-electron chi connectivity index (χ3n) is 2.55. The van der Waals surface area contributed by atoms with Crippen molar-refractivity contribution in [2.45, 2.75) is 13.8 Å². The first-order chi connectivity index (χ1) is 7.59. The lowest BCUT2D eigenvalue weighted by atomic mass is 10.0. The van der Waals surface area contributed by atoms with Gasteiger partial charge in [-0.1, -0.05) is 18.2 Å². The molecule has 82 valence electrons. The van der Waals surface area contributed by atoms with Crippen LogP contribution in [0.1, 0.15) is 21.6 Å². The molecular weight excluding hydrogens is 204 g/mol. The van der Waals surface area contributed by atoms with Crippen LogP contribution >= 0.6 is 0 Å². The molecule has 0 aliphatic rings. The molecule has 0 unspecified atom stereocenters. The molecule has 0 amide bonds. The summed E-state index contributed by atoms with van der Waals surface area (Å²) < 4.78 is 0. The molecule has 0 bridgehead atoms. The summed E-state index contributed by atoms with van der Waals surface area (Å²) in [6.45, 7) is 3.97. The number of nitrogens with one attached hydrogen (secondary N) is 1. The first-order valence-corrected chi connectivity index (χ1v) is 4.95. The van der Waals surface area contributed by atoms with Crippen LogP contribution in [0, 0.1) is 13.8 Å². The number of H-pyrrole nitrogens is 1. The van der Waals surface area contributed by atoms with Gasteiger partial charge in [0.1, 0.15) is 5.69 Å². The van der Waals surface area contributed by atoms with Gasteiger partial charge < -0.3 is 5.11 Å². The van der Waals surface area contributed by atoms with Crippen molar-refractivity contribution in [2.24, 2.45) is 0 Å². The number of nitrogens with zero attached hydrogens (tertiary/aromatic N) is 1. The number of carbonyl (C=O) groups is 1. The Morgan fingerprint density at radius 3 is 2.44 bits per heavy atom. The average molecular weight is 216 g/mol. The molecule has 0 saturated heterocycles. The van der Waals surface area contributed by atoms with Crippen LogP contribution in [0.3, 0.4) is 0 Å². The average Bonchev–Trinajstić information content (AvgIpc) is 2.66. The predicted molar refractivity (Wildman–Crippen MR) is 60.5 cm³/mol. The molecular formula is C12H12N2O2. The van der Waals surface area contributed by atoms with Crippen molar-refractivity contribution >= 4 is 5.97 Å². The van der Waals surface area contributed by atoms with Crippen LogP contribution in [0.25, 0.3) is 11.3 Å². The van der Waals surface area contributed by atoms with E-state index in [-0.39, 0.29) is 5.69 Å². The summed E-state index contributed by atoms with van der Waals surface area (Å²) in [5, 5.41) is 15.3. The Morgan fingerprint density at radius 2 is 1.94 bits per heavy atom. The van der Waals surface area contributed by atoms with Gasteiger partial charge in [0.05, 0.1) is 5.69 Å². The van der Waals surface area contributed by atoms with Gasteiger partial charge in [-0.05, 0) is 31.0 Å². The van der Waals surface area contributed by atoms with Crippen LogP contribution in [0.2, 0.25) is 0 Å². The highest BCUT2D eigenvalue weighted by Gasteiger charge is 2.12. The minimum Gasteiger partial charge on any atom is -0.477 e. The molecule has 0 aliphatic carbocycles. The van der Waals surface area contributed by atoms with Gasteiger partial charge in [0.15, 0.2) is 0 Å². The van der Waals surface area contributed by atoms with Gasteiger partial charge in [-0.2, -0.15) is 5.10 Å². The first-order valence-electron chi connectivity index (χ1n) is 4.95. The van der Waals surface area contributed by atoms with E-state index in [4.69, 9.17) is 5.11 Å². The van der Waals surface area contributed by atoms with Crippen LogP contribution in [-0.4, -0.2) is 21.3 Å². The molecule has 2 rings (SSSR count). The topological polar surface area (TPSA) is 66.0 Å². The zero-order chi connectivity index (χ0) is 11.7. The summed E-state index contributed by atoms with van der Waals surface area (Å²) in [7, 11) is 0. The van der Waals surface area contributed by atoms with Gasteiger partial charge >= 0.3 is 5.97 Å². The number of aromatic nitrogens is 2. The van der Waals surface area contributed by atoms with Crippen molar-refractivity contribution in [1.29, 1.82) is 0 Å². The van der Waals surface area contributed by atoms with Crippen molar-refractivity contribution < 1.29 is 9.90 Å². The number of benzene rings is 1. The van der Waals surface area contributed by atoms with E-state index in [1.54, 1.807) is 6.07 Å². The maximum absolute atomic E-state index is 10.7. The Kier molecular flexibility index (Phi) is 2.48. The number of carboxylic acid groups (broad SMARTS) is 1. The Labute approximate surface area is 92.9 Å². The molecule has 1 aromatic carbocycles. The summed E-state index contributed by atoms with van der Waals surface area (Å²) in [6, 6.07) is 7.49. The molecule has 4 heteroatoms. The molecule has 2 aromatic rings. The number of carboxylic acids is 1. The van der Waals surface area contributed by atoms with Crippen molar-refractivity contribution in [3.8, 4) is 11.3 Å². The second kappa shape index (κ2) is 3.81. The maximum Gasteiger partial charge on any atom is 0.353 e. The van der Waals surface area contributed by atoms with Gasteiger partial charge in [0.2, 0.25) is 0 Å². The SMILES string of the molecule is Cc1cccc(C)c1-c1cc(C(=O)O)[nH]n1. The highest BCUT2D eigenvalue weighted by atomic mass is 16.4. The van der Waals surface area contributed by atoms with E-state index in [1.165, 1.54) is 0 Å². The van der Waals surface area contributed by atoms with Crippen molar-refractivity contribution in [2.75, 3.05) is 0 Å². The van der Waals surface area contributed by atoms with E-state index < -0.39 is 5.97 Å². The lowest BCUT2D eigenvalue weighted by molar-refractivity contribution is 0.0690. The van der Waals surface area contributed by atoms with E-state index >= 15 is 0 Å². The minimum atomic E-state index is -0.995. The zero-order valence-corrected chi connectivity index (χ0v) is 9.11. The predicted octanol–water partition coefficient (Wildman–Crippen LogP) is 2.39. The zero-order valence-electron chi connectivity index (χ0n) is 9.11. The van der Waals surface area contributed by atoms with Gasteiger partial charge in [0, 0.05) is 5.56 Å². The molecule has 0 saturated carbocycles. The normalized spacial score (nSPS) is 10.4. The number of rotatable bonds is 2. The molecule has 2 N–H and O–H groups in total. The molecule has 16 heavy (non-hydrogen) atoms. The van der Waals surface area contributed by atoms with Crippen LogP contribution in [0.4, 0.5) is 0 Å². The fraction of sp³-hybridized carbons (Fsp3) is 0.167. The van der Waals surface area contributed by atoms with E-state index in [9.17, 15) is 4.79 Å². The Morgan fingerprint density at radius 1 is 1.31 bits per heavy atom. The summed E-state index contributed by atoms with van der Waals surface area (Å²) in [6.07, 6.45) is 0. The third kappa shape index (κ3) is 1.69. The fourth-order valence-corrected chi connectivity index (χ4v) is 1.78. The van der Waals surface area contributed by atoms with Crippen molar-refractivity contribution in [1.82, 2.24) is 10.2 Å². The minimum absolute atomic E-state index is 0.109. The fourth-order valence-electron chi connectivity index (χ4n) is 1.78. The van der Waals surface area contributed by atoms with Crippen LogP contribution in [0.5, 0.6) is 0 Å². The molecule has 1 heterocycles. The Bertz CT molecular complexity index is 523. The highest BCUT2D eigenvalue weighted by Crippen LogP contribution is 2.25. The summed E-state index contributed by atoms with van der Waals surface area (Å²) in [5.74, 6) is -0.995. The van der Waals surface area contributed by atoms with Gasteiger partial charge in [-0.15, -0.1) is 0 Å². The van der Waals surface area contributed by atoms with Crippen molar-refractivity contribution in [3.05, 3.63) is 41.1 Å². The summed E-state index contributed by atoms with van der Waals surface area (Å²) in [5.41, 5.74) is 3.95. The second-order valence-corrected chi connectivity index (χ2v) is 3.74. The van der Waals surface area contributed by atoms with Gasteiger partial charge in [-0.3, -0.25) is 5.10 Å². The van der Waals surface area contributed by atoms with Crippen LogP contribution in [-0.2, 0) is 0 Å². The first kappa shape index (κ1) is 10.4. The molecule has 0 spiro atoms. The number of aromatic carboxylic acids is 1. The molecule has 0 fully saturated rings. The number of hydrogen-bond donors (Lipinski definition) is 2. The molecule has 4 nitrogen and oxygen atoms in total. The van der Waals surface area contributed by atoms with E-state index in [0.29, 0.717) is 5.69 Å². The van der Waals surface area contributed by atoms with E-state index in [1.807, 2.05) is 32.0 Å². The number of aromatic amines is 1. The van der Waals surface area contributed by atoms with Gasteiger partial charge in [0.25, 0.3) is 0 Å². The molecule has 0 aliphatic heterocycles. The Balaban J connectivity index is 2.54. The summed E-state index contributed by atoms with van der Waals surface area (Å²) >= 11 is 0. The summed E-state index contributed by atoms with van der Waals surface area (Å²) in [4.78, 5) is 10.7. The van der Waals surface area contributed by atoms with Crippen LogP contribution < -0.4 is 0 Å². The monoisotopic (exact) mass is 216 g/mol. The number of aryl methyl sites for hydroxylation is 2. The number of hydrogen-bond acceptors (Lipinski definition) is 2. The molecule has 0 atom stereocenters. The highest BCUT2D eigenvalue weighted by molar-refractivity contribution is 5.87. The lowest BCUT2D eigenvalue weighted by Crippen LogP contribution is -1.95. The van der Waals surface area contributed by atoms with E-state index in [2.05, 4.69) is 10.2 Å². The van der Waals surface area contributed by atoms with E-state index in [0.717, 1.165) is 16.7 Å². The second-order valence-electron chi connectivity index (χ2n) is 3.74. The van der Waals surface area contributed by atoms with Crippen LogP contribution in [0.15, 0.2) is 24.3 Å². The molecule has 0 radical (unpaired) electrons.